The van der Waals surface area contributed by atoms with Crippen LogP contribution in [0.1, 0.15) is 32.4 Å². The standard InChI is InChI=1S/C18H19FN2O6S/c1-28(26,27)12-5-2-10(3-6-12)16(23)14(9-19)21-18(25)11-4-7-13(17(20)24)15(22)8-11/h2-8,14,16,22-23H,9H2,1H3,(H2,20,24)(H,21,25)/t14-,16-/m1/s1. The predicted molar refractivity (Wildman–Crippen MR) is 98.4 cm³/mol. The molecule has 0 saturated heterocycles. The van der Waals surface area contributed by atoms with Crippen molar-refractivity contribution in [3.05, 3.63) is 59.2 Å². The van der Waals surface area contributed by atoms with Crippen molar-refractivity contribution in [3.8, 4) is 5.75 Å². The Bertz CT molecular complexity index is 992. The highest BCUT2D eigenvalue weighted by atomic mass is 32.2. The molecule has 0 bridgehead atoms. The van der Waals surface area contributed by atoms with Gasteiger partial charge in [0.1, 0.15) is 18.5 Å². The molecule has 0 spiro atoms. The van der Waals surface area contributed by atoms with Gasteiger partial charge in [0.05, 0.1) is 16.5 Å². The van der Waals surface area contributed by atoms with Gasteiger partial charge in [0.15, 0.2) is 9.84 Å². The molecule has 0 heterocycles. The van der Waals surface area contributed by atoms with E-state index in [0.717, 1.165) is 18.4 Å². The molecule has 0 aliphatic rings. The smallest absolute Gasteiger partial charge is 0.252 e. The van der Waals surface area contributed by atoms with Crippen molar-refractivity contribution in [2.24, 2.45) is 5.73 Å². The van der Waals surface area contributed by atoms with Crippen LogP contribution < -0.4 is 11.1 Å². The number of rotatable bonds is 7. The second-order valence-electron chi connectivity index (χ2n) is 6.12. The largest absolute Gasteiger partial charge is 0.507 e. The van der Waals surface area contributed by atoms with Crippen LogP contribution in [0.15, 0.2) is 47.4 Å². The summed E-state index contributed by atoms with van der Waals surface area (Å²) in [5, 5.41) is 22.3. The molecule has 0 aliphatic heterocycles. The number of aliphatic hydroxyl groups is 1. The average molecular weight is 410 g/mol. The molecule has 2 atom stereocenters. The molecular weight excluding hydrogens is 391 g/mol. The van der Waals surface area contributed by atoms with Crippen molar-refractivity contribution in [3.63, 3.8) is 0 Å². The lowest BCUT2D eigenvalue weighted by Crippen LogP contribution is -2.41. The van der Waals surface area contributed by atoms with Crippen molar-refractivity contribution >= 4 is 21.7 Å². The zero-order valence-corrected chi connectivity index (χ0v) is 15.6. The maximum Gasteiger partial charge on any atom is 0.252 e. The van der Waals surface area contributed by atoms with E-state index < -0.39 is 46.2 Å². The average Bonchev–Trinajstić information content (AvgIpc) is 2.64. The summed E-state index contributed by atoms with van der Waals surface area (Å²) in [6.07, 6.45) is -0.414. The van der Waals surface area contributed by atoms with Gasteiger partial charge >= 0.3 is 0 Å². The summed E-state index contributed by atoms with van der Waals surface area (Å²) in [7, 11) is -3.42. The summed E-state index contributed by atoms with van der Waals surface area (Å²) >= 11 is 0. The van der Waals surface area contributed by atoms with Crippen LogP contribution in [0.4, 0.5) is 4.39 Å². The number of halogens is 1. The topological polar surface area (TPSA) is 147 Å². The van der Waals surface area contributed by atoms with E-state index in [2.05, 4.69) is 5.32 Å². The molecule has 5 N–H and O–H groups in total. The fourth-order valence-electron chi connectivity index (χ4n) is 2.48. The van der Waals surface area contributed by atoms with Crippen LogP contribution in [0, 0.1) is 0 Å². The van der Waals surface area contributed by atoms with Crippen LogP contribution in [-0.2, 0) is 9.84 Å². The number of carbonyl (C=O) groups is 2. The summed E-state index contributed by atoms with van der Waals surface area (Å²) in [4.78, 5) is 23.4. The Hall–Kier alpha value is -2.98. The molecule has 0 unspecified atom stereocenters. The Morgan fingerprint density at radius 3 is 2.25 bits per heavy atom. The van der Waals surface area contributed by atoms with Crippen molar-refractivity contribution in [1.29, 1.82) is 0 Å². The maximum atomic E-state index is 13.4. The molecule has 0 aromatic heterocycles. The molecule has 8 nitrogen and oxygen atoms in total. The van der Waals surface area contributed by atoms with Gasteiger partial charge in [-0.3, -0.25) is 9.59 Å². The van der Waals surface area contributed by atoms with Crippen LogP contribution >= 0.6 is 0 Å². The lowest BCUT2D eigenvalue weighted by atomic mass is 10.0. The Morgan fingerprint density at radius 1 is 1.18 bits per heavy atom. The highest BCUT2D eigenvalue weighted by molar-refractivity contribution is 7.90. The maximum absolute atomic E-state index is 13.4. The second kappa shape index (κ2) is 8.36. The molecule has 150 valence electrons. The zero-order valence-electron chi connectivity index (χ0n) is 14.8. The lowest BCUT2D eigenvalue weighted by molar-refractivity contribution is 0.0791. The summed E-state index contributed by atoms with van der Waals surface area (Å²) in [6.45, 7) is -1.11. The number of hydrogen-bond acceptors (Lipinski definition) is 6. The van der Waals surface area contributed by atoms with Crippen LogP contribution in [-0.4, -0.2) is 49.4 Å². The predicted octanol–water partition coefficient (Wildman–Crippen LogP) is 0.696. The van der Waals surface area contributed by atoms with Gasteiger partial charge in [0.25, 0.3) is 11.8 Å². The normalized spacial score (nSPS) is 13.5. The highest BCUT2D eigenvalue weighted by Gasteiger charge is 2.24. The number of benzene rings is 2. The van der Waals surface area contributed by atoms with Crippen molar-refractivity contribution < 1.29 is 32.6 Å². The number of primary amides is 1. The minimum atomic E-state index is -3.42. The molecule has 0 saturated carbocycles. The van der Waals surface area contributed by atoms with E-state index in [1.807, 2.05) is 0 Å². The first kappa shape index (κ1) is 21.3. The van der Waals surface area contributed by atoms with Crippen LogP contribution in [0.3, 0.4) is 0 Å². The molecule has 28 heavy (non-hydrogen) atoms. The van der Waals surface area contributed by atoms with E-state index in [1.54, 1.807) is 0 Å². The highest BCUT2D eigenvalue weighted by Crippen LogP contribution is 2.22. The van der Waals surface area contributed by atoms with Crippen LogP contribution in [0.25, 0.3) is 0 Å². The molecule has 0 aliphatic carbocycles. The van der Waals surface area contributed by atoms with Gasteiger partial charge in [-0.25, -0.2) is 12.8 Å². The van der Waals surface area contributed by atoms with E-state index in [4.69, 9.17) is 5.73 Å². The summed E-state index contributed by atoms with van der Waals surface area (Å²) in [5.74, 6) is -2.17. The van der Waals surface area contributed by atoms with Gasteiger partial charge in [-0.1, -0.05) is 12.1 Å². The third-order valence-corrected chi connectivity index (χ3v) is 5.17. The van der Waals surface area contributed by atoms with Gasteiger partial charge in [0.2, 0.25) is 0 Å². The SMILES string of the molecule is CS(=O)(=O)c1ccc([C@@H](O)[C@@H](CF)NC(=O)c2ccc(C(N)=O)c(O)c2)cc1. The second-order valence-corrected chi connectivity index (χ2v) is 8.13. The number of carbonyl (C=O) groups excluding carboxylic acids is 2. The molecular formula is C18H19FN2O6S. The third kappa shape index (κ3) is 4.84. The van der Waals surface area contributed by atoms with E-state index in [0.29, 0.717) is 0 Å². The number of sulfone groups is 1. The molecule has 0 radical (unpaired) electrons. The third-order valence-electron chi connectivity index (χ3n) is 4.04. The monoisotopic (exact) mass is 410 g/mol. The number of amides is 2. The minimum absolute atomic E-state index is 0.0364. The van der Waals surface area contributed by atoms with Gasteiger partial charge < -0.3 is 21.3 Å². The summed E-state index contributed by atoms with van der Waals surface area (Å²) in [6, 6.07) is 7.23. The van der Waals surface area contributed by atoms with Crippen molar-refractivity contribution in [2.45, 2.75) is 17.0 Å². The lowest BCUT2D eigenvalue weighted by Gasteiger charge is -2.22. The summed E-state index contributed by atoms with van der Waals surface area (Å²) in [5.41, 5.74) is 5.03. The first-order chi connectivity index (χ1) is 13.0. The molecule has 2 amide bonds. The van der Waals surface area contributed by atoms with Crippen molar-refractivity contribution in [1.82, 2.24) is 5.32 Å². The van der Waals surface area contributed by atoms with E-state index >= 15 is 0 Å². The fourth-order valence-corrected chi connectivity index (χ4v) is 3.11. The summed E-state index contributed by atoms with van der Waals surface area (Å²) < 4.78 is 36.3. The first-order valence-corrected chi connectivity index (χ1v) is 9.91. The van der Waals surface area contributed by atoms with Crippen LogP contribution in [0.2, 0.25) is 0 Å². The molecule has 10 heteroatoms. The van der Waals surface area contributed by atoms with E-state index in [-0.39, 0.29) is 21.6 Å². The molecule has 2 rings (SSSR count). The fraction of sp³-hybridized carbons (Fsp3) is 0.222. The Morgan fingerprint density at radius 2 is 1.79 bits per heavy atom. The molecule has 0 fully saturated rings. The Kier molecular flexibility index (Phi) is 6.37. The quantitative estimate of drug-likeness (QED) is 0.528. The van der Waals surface area contributed by atoms with Gasteiger partial charge in [-0.05, 0) is 35.9 Å². The minimum Gasteiger partial charge on any atom is -0.507 e. The first-order valence-electron chi connectivity index (χ1n) is 8.02. The van der Waals surface area contributed by atoms with E-state index in [9.17, 15) is 32.6 Å². The van der Waals surface area contributed by atoms with Gasteiger partial charge in [-0.15, -0.1) is 0 Å². The Labute approximate surface area is 160 Å². The van der Waals surface area contributed by atoms with E-state index in [1.165, 1.54) is 30.3 Å². The number of nitrogens with two attached hydrogens (primary N) is 1. The van der Waals surface area contributed by atoms with Gasteiger partial charge in [-0.2, -0.15) is 0 Å². The number of aromatic hydroxyl groups is 1. The van der Waals surface area contributed by atoms with Gasteiger partial charge in [0, 0.05) is 11.8 Å². The van der Waals surface area contributed by atoms with Crippen molar-refractivity contribution in [2.75, 3.05) is 12.9 Å². The Balaban J connectivity index is 2.17. The number of alkyl halides is 1. The van der Waals surface area contributed by atoms with Crippen LogP contribution in [0.5, 0.6) is 5.75 Å². The zero-order chi connectivity index (χ0) is 21.1. The number of nitrogens with one attached hydrogen (secondary N) is 1. The molecule has 2 aromatic carbocycles. The number of aliphatic hydroxyl groups excluding tert-OH is 1. The molecule has 2 aromatic rings. The number of phenols is 1. The number of hydrogen-bond donors (Lipinski definition) is 4.